The fourth-order valence-electron chi connectivity index (χ4n) is 7.58. The van der Waals surface area contributed by atoms with Crippen LogP contribution in [0.2, 0.25) is 0 Å². The molecular weight excluding hydrogens is 719 g/mol. The SMILES string of the molecule is CCCCCCCCCCCCCCCCCCC=CCCCC(=O)N[C@@H](CO[C@@H]1O[C@H](CO)[C@@H](O)[C@H](O)[C@H]1O)[C@H](O)/C=C/CCCCCCCCCCC(C)C. The Kier molecular flexibility index (Phi) is 35.5. The Morgan fingerprint density at radius 1 is 0.632 bits per heavy atom. The molecular formula is C48H91NO8. The van der Waals surface area contributed by atoms with E-state index in [1.165, 1.54) is 148 Å². The van der Waals surface area contributed by atoms with Crippen LogP contribution in [0.15, 0.2) is 24.3 Å². The van der Waals surface area contributed by atoms with Crippen molar-refractivity contribution in [1.82, 2.24) is 5.32 Å². The summed E-state index contributed by atoms with van der Waals surface area (Å²) >= 11 is 0. The average Bonchev–Trinajstić information content (AvgIpc) is 3.19. The third-order valence-electron chi connectivity index (χ3n) is 11.4. The third-order valence-corrected chi connectivity index (χ3v) is 11.4. The van der Waals surface area contributed by atoms with Crippen molar-refractivity contribution in [3.63, 3.8) is 0 Å². The van der Waals surface area contributed by atoms with Gasteiger partial charge in [0.1, 0.15) is 24.4 Å². The lowest BCUT2D eigenvalue weighted by molar-refractivity contribution is -0.302. The Bertz CT molecular complexity index is 959. The van der Waals surface area contributed by atoms with Crippen LogP contribution in [0.5, 0.6) is 0 Å². The van der Waals surface area contributed by atoms with Crippen LogP contribution < -0.4 is 5.32 Å². The van der Waals surface area contributed by atoms with Gasteiger partial charge < -0.3 is 40.3 Å². The highest BCUT2D eigenvalue weighted by atomic mass is 16.7. The zero-order valence-corrected chi connectivity index (χ0v) is 37.0. The van der Waals surface area contributed by atoms with E-state index in [-0.39, 0.29) is 12.5 Å². The molecule has 0 unspecified atom stereocenters. The van der Waals surface area contributed by atoms with E-state index in [2.05, 4.69) is 38.2 Å². The fraction of sp³-hybridized carbons (Fsp3) is 0.896. The maximum absolute atomic E-state index is 12.9. The highest BCUT2D eigenvalue weighted by Crippen LogP contribution is 2.23. The van der Waals surface area contributed by atoms with Crippen molar-refractivity contribution in [3.8, 4) is 0 Å². The minimum absolute atomic E-state index is 0.198. The van der Waals surface area contributed by atoms with Crippen LogP contribution in [0, 0.1) is 5.92 Å². The molecule has 0 spiro atoms. The van der Waals surface area contributed by atoms with E-state index in [4.69, 9.17) is 9.47 Å². The Morgan fingerprint density at radius 2 is 1.09 bits per heavy atom. The van der Waals surface area contributed by atoms with Gasteiger partial charge in [-0.15, -0.1) is 0 Å². The number of rotatable bonds is 39. The maximum Gasteiger partial charge on any atom is 0.220 e. The third kappa shape index (κ3) is 29.5. The largest absolute Gasteiger partial charge is 0.394 e. The van der Waals surface area contributed by atoms with Crippen molar-refractivity contribution in [2.45, 2.75) is 256 Å². The first-order valence-electron chi connectivity index (χ1n) is 23.9. The van der Waals surface area contributed by atoms with Crippen molar-refractivity contribution >= 4 is 5.91 Å². The molecule has 1 amide bonds. The van der Waals surface area contributed by atoms with Crippen LogP contribution >= 0.6 is 0 Å². The number of hydrogen-bond donors (Lipinski definition) is 6. The maximum atomic E-state index is 12.9. The zero-order valence-electron chi connectivity index (χ0n) is 37.0. The monoisotopic (exact) mass is 810 g/mol. The van der Waals surface area contributed by atoms with E-state index in [0.29, 0.717) is 12.8 Å². The highest BCUT2D eigenvalue weighted by molar-refractivity contribution is 5.76. The summed E-state index contributed by atoms with van der Waals surface area (Å²) in [6.45, 7) is 6.08. The second kappa shape index (κ2) is 37.7. The molecule has 1 saturated heterocycles. The number of hydrogen-bond acceptors (Lipinski definition) is 8. The quantitative estimate of drug-likeness (QED) is 0.0266. The lowest BCUT2D eigenvalue weighted by Gasteiger charge is -2.40. The Labute approximate surface area is 349 Å². The summed E-state index contributed by atoms with van der Waals surface area (Å²) in [4.78, 5) is 12.9. The van der Waals surface area contributed by atoms with Crippen molar-refractivity contribution in [2.24, 2.45) is 5.92 Å². The molecule has 0 aliphatic carbocycles. The Morgan fingerprint density at radius 3 is 1.58 bits per heavy atom. The van der Waals surface area contributed by atoms with Crippen LogP contribution in [0.3, 0.4) is 0 Å². The zero-order chi connectivity index (χ0) is 41.8. The number of nitrogens with one attached hydrogen (secondary N) is 1. The molecule has 0 aromatic heterocycles. The lowest BCUT2D eigenvalue weighted by atomic mass is 9.99. The summed E-state index contributed by atoms with van der Waals surface area (Å²) in [5.41, 5.74) is 0. The Balaban J connectivity index is 2.32. The predicted molar refractivity (Wildman–Crippen MR) is 235 cm³/mol. The number of aliphatic hydroxyl groups is 5. The molecule has 9 heteroatoms. The standard InChI is InChI=1S/C48H91NO8/c1-4-5-6-7-8-9-10-11-12-13-14-15-16-17-18-19-20-25-28-31-34-37-44(52)49-41(39-56-48-47(55)46(54)45(53)43(38-50)57-48)42(51)36-33-30-27-24-22-21-23-26-29-32-35-40(2)3/h25,28,33,36,40-43,45-48,50-51,53-55H,4-24,26-27,29-32,34-35,37-39H2,1-3H3,(H,49,52)/b28-25?,36-33+/t41-,42+,43+,45+,46-,47+,48+/m0/s1. The van der Waals surface area contributed by atoms with Gasteiger partial charge in [0.15, 0.2) is 6.29 Å². The number of carbonyl (C=O) groups excluding carboxylic acids is 1. The van der Waals surface area contributed by atoms with E-state index in [0.717, 1.165) is 38.0 Å². The van der Waals surface area contributed by atoms with E-state index in [1.807, 2.05) is 6.08 Å². The van der Waals surface area contributed by atoms with Gasteiger partial charge in [0.2, 0.25) is 5.91 Å². The molecule has 0 saturated carbocycles. The van der Waals surface area contributed by atoms with Gasteiger partial charge in [0, 0.05) is 6.42 Å². The molecule has 1 fully saturated rings. The van der Waals surface area contributed by atoms with Gasteiger partial charge in [-0.3, -0.25) is 4.79 Å². The summed E-state index contributed by atoms with van der Waals surface area (Å²) in [6.07, 6.45) is 36.7. The summed E-state index contributed by atoms with van der Waals surface area (Å²) in [6, 6.07) is -0.817. The smallest absolute Gasteiger partial charge is 0.220 e. The summed E-state index contributed by atoms with van der Waals surface area (Å²) in [5.74, 6) is 0.582. The number of carbonyl (C=O) groups is 1. The molecule has 57 heavy (non-hydrogen) atoms. The number of amides is 1. The number of aliphatic hydroxyl groups excluding tert-OH is 5. The Hall–Kier alpha value is -1.33. The molecule has 7 atom stereocenters. The van der Waals surface area contributed by atoms with Gasteiger partial charge in [0.25, 0.3) is 0 Å². The predicted octanol–water partition coefficient (Wildman–Crippen LogP) is 10.1. The molecule has 6 N–H and O–H groups in total. The van der Waals surface area contributed by atoms with Crippen molar-refractivity contribution in [1.29, 1.82) is 0 Å². The van der Waals surface area contributed by atoms with E-state index >= 15 is 0 Å². The van der Waals surface area contributed by atoms with Crippen molar-refractivity contribution < 1.29 is 39.8 Å². The highest BCUT2D eigenvalue weighted by Gasteiger charge is 2.44. The average molecular weight is 810 g/mol. The van der Waals surface area contributed by atoms with Crippen molar-refractivity contribution in [3.05, 3.63) is 24.3 Å². The van der Waals surface area contributed by atoms with Crippen LogP contribution in [-0.4, -0.2) is 87.5 Å². The molecule has 9 nitrogen and oxygen atoms in total. The molecule has 0 radical (unpaired) electrons. The van der Waals surface area contributed by atoms with Crippen LogP contribution in [0.1, 0.15) is 213 Å². The molecule has 0 aromatic carbocycles. The second-order valence-electron chi connectivity index (χ2n) is 17.4. The minimum atomic E-state index is -1.57. The van der Waals surface area contributed by atoms with Crippen LogP contribution in [0.25, 0.3) is 0 Å². The normalized spacial score (nSPS) is 21.2. The lowest BCUT2D eigenvalue weighted by Crippen LogP contribution is -2.60. The van der Waals surface area contributed by atoms with Crippen LogP contribution in [-0.2, 0) is 14.3 Å². The molecule has 0 bridgehead atoms. The fourth-order valence-corrected chi connectivity index (χ4v) is 7.58. The van der Waals surface area contributed by atoms with Gasteiger partial charge in [0.05, 0.1) is 25.4 Å². The van der Waals surface area contributed by atoms with E-state index in [9.17, 15) is 30.3 Å². The van der Waals surface area contributed by atoms with E-state index < -0.39 is 49.5 Å². The number of unbranched alkanes of at least 4 members (excludes halogenated alkanes) is 25. The van der Waals surface area contributed by atoms with Gasteiger partial charge >= 0.3 is 0 Å². The van der Waals surface area contributed by atoms with Gasteiger partial charge in [-0.1, -0.05) is 193 Å². The van der Waals surface area contributed by atoms with E-state index in [1.54, 1.807) is 6.08 Å². The molecule has 0 aromatic rings. The molecule has 1 heterocycles. The summed E-state index contributed by atoms with van der Waals surface area (Å²) in [5, 5.41) is 54.1. The van der Waals surface area contributed by atoms with Crippen molar-refractivity contribution in [2.75, 3.05) is 13.2 Å². The number of ether oxygens (including phenoxy) is 2. The second-order valence-corrected chi connectivity index (χ2v) is 17.4. The van der Waals surface area contributed by atoms with Gasteiger partial charge in [-0.2, -0.15) is 0 Å². The molecule has 1 aliphatic heterocycles. The first-order chi connectivity index (χ1) is 27.7. The van der Waals surface area contributed by atoms with Crippen LogP contribution in [0.4, 0.5) is 0 Å². The summed E-state index contributed by atoms with van der Waals surface area (Å²) in [7, 11) is 0. The van der Waals surface area contributed by atoms with Gasteiger partial charge in [-0.05, 0) is 44.4 Å². The first kappa shape index (κ1) is 53.7. The molecule has 1 rings (SSSR count). The number of allylic oxidation sites excluding steroid dienone is 3. The topological polar surface area (TPSA) is 149 Å². The minimum Gasteiger partial charge on any atom is -0.394 e. The first-order valence-corrected chi connectivity index (χ1v) is 23.9. The summed E-state index contributed by atoms with van der Waals surface area (Å²) < 4.78 is 11.2. The molecule has 336 valence electrons. The van der Waals surface area contributed by atoms with Gasteiger partial charge in [-0.25, -0.2) is 0 Å². The molecule has 1 aliphatic rings.